The van der Waals surface area contributed by atoms with Gasteiger partial charge in [0.25, 0.3) is 5.91 Å². The number of hydrogen-bond donors (Lipinski definition) is 2. The largest absolute Gasteiger partial charge is 0.476 e. The Balaban J connectivity index is 0.00000195. The van der Waals surface area contributed by atoms with Crippen LogP contribution in [0.2, 0.25) is 0 Å². The lowest BCUT2D eigenvalue weighted by molar-refractivity contribution is -0.130. The van der Waals surface area contributed by atoms with Gasteiger partial charge in [-0.25, -0.2) is 5.10 Å². The minimum absolute atomic E-state index is 0.0136. The number of amides is 1. The predicted molar refractivity (Wildman–Crippen MR) is 154 cm³/mol. The van der Waals surface area contributed by atoms with Gasteiger partial charge in [-0.15, -0.1) is 0 Å². The van der Waals surface area contributed by atoms with Crippen molar-refractivity contribution in [2.24, 2.45) is 5.73 Å². The molecule has 1 aliphatic heterocycles. The van der Waals surface area contributed by atoms with E-state index >= 15 is 0 Å². The molecule has 2 unspecified atom stereocenters. The highest BCUT2D eigenvalue weighted by Crippen LogP contribution is 2.33. The lowest BCUT2D eigenvalue weighted by Gasteiger charge is -2.45. The van der Waals surface area contributed by atoms with Crippen LogP contribution < -0.4 is 10.5 Å². The highest BCUT2D eigenvalue weighted by atomic mass is 16.5. The fourth-order valence-electron chi connectivity index (χ4n) is 4.80. The van der Waals surface area contributed by atoms with E-state index in [1.54, 1.807) is 25.3 Å². The number of aryl methyl sites for hydroxylation is 1. The molecule has 0 radical (unpaired) electrons. The normalized spacial score (nSPS) is 17.4. The van der Waals surface area contributed by atoms with Gasteiger partial charge < -0.3 is 15.4 Å². The monoisotopic (exact) mass is 515 g/mol. The Morgan fingerprint density at radius 3 is 2.50 bits per heavy atom. The van der Waals surface area contributed by atoms with E-state index in [0.717, 1.165) is 0 Å². The number of allylic oxidation sites excluding steroid dienone is 2. The van der Waals surface area contributed by atoms with Crippen molar-refractivity contribution in [1.29, 1.82) is 0 Å². The maximum absolute atomic E-state index is 13.4. The number of aromatic nitrogens is 2. The van der Waals surface area contributed by atoms with Gasteiger partial charge in [-0.2, -0.15) is 5.10 Å². The van der Waals surface area contributed by atoms with Crippen LogP contribution in [0.5, 0.6) is 5.88 Å². The fraction of sp³-hybridized carbons (Fsp3) is 0.355. The van der Waals surface area contributed by atoms with Gasteiger partial charge in [0.05, 0.1) is 18.3 Å². The molecule has 4 rings (SSSR count). The van der Waals surface area contributed by atoms with Gasteiger partial charge in [0, 0.05) is 37.0 Å². The Bertz CT molecular complexity index is 1200. The van der Waals surface area contributed by atoms with Crippen molar-refractivity contribution in [2.75, 3.05) is 26.2 Å². The average Bonchev–Trinajstić information content (AvgIpc) is 3.46. The molecule has 7 heteroatoms. The number of carbonyl (C=O) groups excluding carboxylic acids is 1. The van der Waals surface area contributed by atoms with Gasteiger partial charge in [0.15, 0.2) is 0 Å². The van der Waals surface area contributed by atoms with Crippen LogP contribution in [0.4, 0.5) is 0 Å². The van der Waals surface area contributed by atoms with Crippen LogP contribution in [0.1, 0.15) is 50.4 Å². The molecule has 202 valence electrons. The molecule has 2 atom stereocenters. The van der Waals surface area contributed by atoms with E-state index in [4.69, 9.17) is 10.5 Å². The number of piperazine rings is 1. The summed E-state index contributed by atoms with van der Waals surface area (Å²) in [5.41, 5.74) is 10.8. The van der Waals surface area contributed by atoms with Crippen molar-refractivity contribution in [3.63, 3.8) is 0 Å². The third kappa shape index (κ3) is 7.35. The minimum atomic E-state index is -0.0437. The number of hydrogen-bond acceptors (Lipinski definition) is 5. The van der Waals surface area contributed by atoms with Crippen LogP contribution in [0.25, 0.3) is 0 Å². The first-order chi connectivity index (χ1) is 18.5. The molecule has 1 saturated heterocycles. The minimum Gasteiger partial charge on any atom is -0.476 e. The molecule has 0 bridgehead atoms. The second-order valence-corrected chi connectivity index (χ2v) is 9.23. The Morgan fingerprint density at radius 1 is 1.13 bits per heavy atom. The average molecular weight is 516 g/mol. The Hall–Kier alpha value is -3.84. The van der Waals surface area contributed by atoms with E-state index in [2.05, 4.69) is 70.6 Å². The molecule has 7 nitrogen and oxygen atoms in total. The first kappa shape index (κ1) is 28.7. The van der Waals surface area contributed by atoms with E-state index in [-0.39, 0.29) is 18.0 Å². The van der Waals surface area contributed by atoms with Crippen LogP contribution in [-0.2, 0) is 4.79 Å². The summed E-state index contributed by atoms with van der Waals surface area (Å²) in [6.45, 7) is 12.1. The molecule has 2 aromatic carbocycles. The number of aromatic amines is 1. The molecule has 0 spiro atoms. The maximum atomic E-state index is 13.4. The molecule has 0 aliphatic carbocycles. The van der Waals surface area contributed by atoms with E-state index in [1.165, 1.54) is 16.7 Å². The van der Waals surface area contributed by atoms with Crippen molar-refractivity contribution in [2.45, 2.75) is 46.7 Å². The molecule has 38 heavy (non-hydrogen) atoms. The van der Waals surface area contributed by atoms with Gasteiger partial charge in [-0.3, -0.25) is 9.69 Å². The quantitative estimate of drug-likeness (QED) is 0.317. The van der Waals surface area contributed by atoms with Crippen LogP contribution in [0, 0.1) is 6.92 Å². The maximum Gasteiger partial charge on any atom is 0.253 e. The van der Waals surface area contributed by atoms with Gasteiger partial charge in [-0.05, 0) is 38.0 Å². The second-order valence-electron chi connectivity index (χ2n) is 9.23. The van der Waals surface area contributed by atoms with Crippen molar-refractivity contribution in [3.05, 3.63) is 107 Å². The van der Waals surface area contributed by atoms with Crippen molar-refractivity contribution >= 4 is 5.91 Å². The first-order valence-corrected chi connectivity index (χ1v) is 13.3. The third-order valence-corrected chi connectivity index (χ3v) is 6.47. The molecular formula is C31H41N5O2. The number of carbonyl (C=O) groups is 1. The Morgan fingerprint density at radius 2 is 1.87 bits per heavy atom. The number of nitrogens with one attached hydrogen (secondary N) is 1. The van der Waals surface area contributed by atoms with Crippen LogP contribution in [0.15, 0.2) is 90.3 Å². The summed E-state index contributed by atoms with van der Waals surface area (Å²) in [4.78, 5) is 17.8. The number of rotatable bonds is 8. The lowest BCUT2D eigenvalue weighted by Crippen LogP contribution is -2.57. The molecule has 3 aromatic rings. The van der Waals surface area contributed by atoms with Gasteiger partial charge in [-0.1, -0.05) is 80.1 Å². The van der Waals surface area contributed by atoms with E-state index in [1.807, 2.05) is 37.8 Å². The summed E-state index contributed by atoms with van der Waals surface area (Å²) >= 11 is 0. The van der Waals surface area contributed by atoms with Gasteiger partial charge in [0.1, 0.15) is 6.61 Å². The summed E-state index contributed by atoms with van der Waals surface area (Å²) in [5.74, 6) is 0.598. The summed E-state index contributed by atoms with van der Waals surface area (Å²) in [7, 11) is 0. The van der Waals surface area contributed by atoms with Crippen molar-refractivity contribution < 1.29 is 9.53 Å². The Kier molecular flexibility index (Phi) is 10.7. The number of H-pyrrole nitrogens is 1. The van der Waals surface area contributed by atoms with Gasteiger partial charge >= 0.3 is 0 Å². The Labute approximate surface area is 227 Å². The van der Waals surface area contributed by atoms with Crippen molar-refractivity contribution in [3.8, 4) is 5.88 Å². The van der Waals surface area contributed by atoms with E-state index in [0.29, 0.717) is 43.4 Å². The van der Waals surface area contributed by atoms with Crippen molar-refractivity contribution in [1.82, 2.24) is 20.0 Å². The standard InChI is InChI=1S/C29H35N5O2.C2H6/c1-4-23(18-22(3)30)29(35)33-15-16-34(26(19-33)20-36-27-13-14-31-32-27)28(24-10-6-5-7-11-24)25-12-8-9-21(2)17-25;1-2/h4-14,17-18,26,28H,15-16,19-20,30H2,1-3H3,(H,31,32);1-2H3/b22-18+,23-4+;. The molecule has 0 saturated carbocycles. The van der Waals surface area contributed by atoms with Gasteiger partial charge in [0.2, 0.25) is 5.88 Å². The molecule has 2 heterocycles. The summed E-state index contributed by atoms with van der Waals surface area (Å²) < 4.78 is 6.10. The van der Waals surface area contributed by atoms with E-state index < -0.39 is 0 Å². The molecule has 1 aromatic heterocycles. The highest BCUT2D eigenvalue weighted by Gasteiger charge is 2.36. The zero-order chi connectivity index (χ0) is 27.5. The number of ether oxygens (including phenoxy) is 1. The molecule has 3 N–H and O–H groups in total. The summed E-state index contributed by atoms with van der Waals surface area (Å²) in [6, 6.07) is 21.0. The summed E-state index contributed by atoms with van der Waals surface area (Å²) in [6.07, 6.45) is 5.23. The fourth-order valence-corrected chi connectivity index (χ4v) is 4.80. The second kappa shape index (κ2) is 14.2. The number of nitrogens with zero attached hydrogens (tertiary/aromatic N) is 3. The zero-order valence-electron chi connectivity index (χ0n) is 23.2. The zero-order valence-corrected chi connectivity index (χ0v) is 23.2. The number of nitrogens with two attached hydrogens (primary N) is 1. The van der Waals surface area contributed by atoms with E-state index in [9.17, 15) is 4.79 Å². The molecule has 1 aliphatic rings. The van der Waals surface area contributed by atoms with Crippen LogP contribution in [0.3, 0.4) is 0 Å². The predicted octanol–water partition coefficient (Wildman–Crippen LogP) is 5.23. The van der Waals surface area contributed by atoms with Crippen LogP contribution in [-0.4, -0.2) is 58.2 Å². The molecular weight excluding hydrogens is 474 g/mol. The highest BCUT2D eigenvalue weighted by molar-refractivity contribution is 5.96. The molecule has 1 fully saturated rings. The molecule has 1 amide bonds. The lowest BCUT2D eigenvalue weighted by atomic mass is 9.93. The third-order valence-electron chi connectivity index (χ3n) is 6.47. The first-order valence-electron chi connectivity index (χ1n) is 13.3. The topological polar surface area (TPSA) is 87.5 Å². The SMILES string of the molecule is C/C=C(\C=C(/C)N)C(=O)N1CCN(C(c2ccccc2)c2cccc(C)c2)C(COc2ccn[nH]2)C1.CC. The smallest absolute Gasteiger partial charge is 0.253 e. The summed E-state index contributed by atoms with van der Waals surface area (Å²) in [5, 5.41) is 6.87. The number of benzene rings is 2. The van der Waals surface area contributed by atoms with Crippen LogP contribution >= 0.6 is 0 Å².